The van der Waals surface area contributed by atoms with Gasteiger partial charge in [0.1, 0.15) is 18.6 Å². The first kappa shape index (κ1) is 16.6. The number of rotatable bonds is 6. The maximum atomic E-state index is 12.4. The molecule has 1 amide bonds. The van der Waals surface area contributed by atoms with Gasteiger partial charge in [-0.2, -0.15) is 0 Å². The van der Waals surface area contributed by atoms with Gasteiger partial charge >= 0.3 is 0 Å². The van der Waals surface area contributed by atoms with Crippen molar-refractivity contribution in [1.82, 2.24) is 24.5 Å². The summed E-state index contributed by atoms with van der Waals surface area (Å²) in [7, 11) is 0. The zero-order valence-electron chi connectivity index (χ0n) is 14.0. The molecule has 9 nitrogen and oxygen atoms in total. The van der Waals surface area contributed by atoms with Gasteiger partial charge in [-0.3, -0.25) is 14.2 Å². The number of nitrogens with one attached hydrogen (secondary N) is 1. The third kappa shape index (κ3) is 3.49. The van der Waals surface area contributed by atoms with Crippen LogP contribution in [0.25, 0.3) is 11.2 Å². The summed E-state index contributed by atoms with van der Waals surface area (Å²) < 4.78 is 8.09. The van der Waals surface area contributed by atoms with Crippen molar-refractivity contribution in [2.75, 3.05) is 11.9 Å². The van der Waals surface area contributed by atoms with Gasteiger partial charge in [-0.25, -0.2) is 9.67 Å². The lowest BCUT2D eigenvalue weighted by atomic mass is 10.3. The number of carbonyl (C=O) groups is 1. The largest absolute Gasteiger partial charge is 0.494 e. The molecule has 0 bridgehead atoms. The predicted octanol–water partition coefficient (Wildman–Crippen LogP) is 1.05. The Kier molecular flexibility index (Phi) is 4.73. The van der Waals surface area contributed by atoms with Crippen molar-refractivity contribution in [3.63, 3.8) is 0 Å². The van der Waals surface area contributed by atoms with E-state index in [4.69, 9.17) is 4.74 Å². The van der Waals surface area contributed by atoms with Crippen molar-refractivity contribution >= 4 is 22.8 Å². The zero-order valence-corrected chi connectivity index (χ0v) is 14.0. The van der Waals surface area contributed by atoms with Crippen molar-refractivity contribution in [1.29, 1.82) is 0 Å². The number of nitrogens with zero attached hydrogens (tertiary/aromatic N) is 5. The fraction of sp³-hybridized carbons (Fsp3) is 0.312. The quantitative estimate of drug-likeness (QED) is 0.718. The molecule has 0 unspecified atom stereocenters. The van der Waals surface area contributed by atoms with Gasteiger partial charge in [0.25, 0.3) is 5.56 Å². The Morgan fingerprint density at radius 2 is 2.00 bits per heavy atom. The van der Waals surface area contributed by atoms with Crippen molar-refractivity contribution in [3.05, 3.63) is 40.9 Å². The van der Waals surface area contributed by atoms with Crippen LogP contribution in [0.1, 0.15) is 13.8 Å². The van der Waals surface area contributed by atoms with Crippen LogP contribution >= 0.6 is 0 Å². The molecule has 0 atom stereocenters. The van der Waals surface area contributed by atoms with E-state index in [0.29, 0.717) is 24.5 Å². The molecule has 0 saturated heterocycles. The highest BCUT2D eigenvalue weighted by molar-refractivity contribution is 5.90. The van der Waals surface area contributed by atoms with E-state index in [1.807, 2.05) is 13.8 Å². The molecule has 1 aromatic carbocycles. The summed E-state index contributed by atoms with van der Waals surface area (Å²) in [5.41, 5.74) is 0.785. The summed E-state index contributed by atoms with van der Waals surface area (Å²) >= 11 is 0. The van der Waals surface area contributed by atoms with Gasteiger partial charge in [0, 0.05) is 12.2 Å². The van der Waals surface area contributed by atoms with Crippen LogP contribution in [0.2, 0.25) is 0 Å². The normalized spacial score (nSPS) is 10.8. The molecule has 130 valence electrons. The highest BCUT2D eigenvalue weighted by Crippen LogP contribution is 2.15. The molecule has 0 fully saturated rings. The Morgan fingerprint density at radius 1 is 1.24 bits per heavy atom. The van der Waals surface area contributed by atoms with Crippen LogP contribution in [-0.4, -0.2) is 37.1 Å². The van der Waals surface area contributed by atoms with Gasteiger partial charge in [-0.1, -0.05) is 5.21 Å². The third-order valence-electron chi connectivity index (χ3n) is 3.55. The highest BCUT2D eigenvalue weighted by atomic mass is 16.5. The SMILES string of the molecule is CCOc1ccc(NC(=O)Cn2cnc3c(nnn3CC)c2=O)cc1. The summed E-state index contributed by atoms with van der Waals surface area (Å²) in [5, 5.41) is 10.4. The van der Waals surface area contributed by atoms with E-state index in [9.17, 15) is 9.59 Å². The van der Waals surface area contributed by atoms with Crippen molar-refractivity contribution in [2.24, 2.45) is 0 Å². The molecule has 1 N–H and O–H groups in total. The Balaban J connectivity index is 1.73. The number of aryl methyl sites for hydroxylation is 1. The fourth-order valence-corrected chi connectivity index (χ4v) is 2.37. The molecular formula is C16H18N6O3. The van der Waals surface area contributed by atoms with E-state index < -0.39 is 5.56 Å². The van der Waals surface area contributed by atoms with E-state index in [1.165, 1.54) is 15.6 Å². The second kappa shape index (κ2) is 7.12. The van der Waals surface area contributed by atoms with Gasteiger partial charge in [0.05, 0.1) is 6.61 Å². The predicted molar refractivity (Wildman–Crippen MR) is 91.5 cm³/mol. The Bertz CT molecular complexity index is 945. The molecule has 0 spiro atoms. The van der Waals surface area contributed by atoms with Crippen LogP contribution in [0, 0.1) is 0 Å². The summed E-state index contributed by atoms with van der Waals surface area (Å²) in [4.78, 5) is 28.7. The molecule has 25 heavy (non-hydrogen) atoms. The lowest BCUT2D eigenvalue weighted by molar-refractivity contribution is -0.116. The van der Waals surface area contributed by atoms with Gasteiger partial charge < -0.3 is 10.1 Å². The molecule has 3 rings (SSSR count). The summed E-state index contributed by atoms with van der Waals surface area (Å²) in [6, 6.07) is 7.00. The standard InChI is InChI=1S/C16H18N6O3/c1-3-22-15-14(19-20-22)16(24)21(10-17-15)9-13(23)18-11-5-7-12(8-6-11)25-4-2/h5-8,10H,3-4,9H2,1-2H3,(H,18,23). The van der Waals surface area contributed by atoms with Crippen molar-refractivity contribution < 1.29 is 9.53 Å². The number of aromatic nitrogens is 5. The minimum Gasteiger partial charge on any atom is -0.494 e. The molecule has 0 aliphatic heterocycles. The molecule has 0 aliphatic rings. The first-order valence-electron chi connectivity index (χ1n) is 7.93. The number of carbonyl (C=O) groups excluding carboxylic acids is 1. The molecule has 3 aromatic rings. The number of hydrogen-bond acceptors (Lipinski definition) is 6. The number of ether oxygens (including phenoxy) is 1. The topological polar surface area (TPSA) is 104 Å². The number of benzene rings is 1. The van der Waals surface area contributed by atoms with E-state index in [2.05, 4.69) is 20.6 Å². The summed E-state index contributed by atoms with van der Waals surface area (Å²) in [6.45, 7) is 4.76. The number of amides is 1. The molecule has 9 heteroatoms. The van der Waals surface area contributed by atoms with Crippen molar-refractivity contribution in [3.8, 4) is 5.75 Å². The number of anilines is 1. The van der Waals surface area contributed by atoms with E-state index in [-0.39, 0.29) is 18.0 Å². The lowest BCUT2D eigenvalue weighted by Gasteiger charge is -2.08. The van der Waals surface area contributed by atoms with Crippen LogP contribution in [0.5, 0.6) is 5.75 Å². The van der Waals surface area contributed by atoms with Gasteiger partial charge in [0.15, 0.2) is 11.2 Å². The van der Waals surface area contributed by atoms with Crippen LogP contribution in [0.3, 0.4) is 0 Å². The van der Waals surface area contributed by atoms with E-state index >= 15 is 0 Å². The summed E-state index contributed by atoms with van der Waals surface area (Å²) in [5.74, 6) is 0.390. The Morgan fingerprint density at radius 3 is 2.68 bits per heavy atom. The Labute approximate surface area is 143 Å². The number of hydrogen-bond donors (Lipinski definition) is 1. The van der Waals surface area contributed by atoms with E-state index in [0.717, 1.165) is 5.75 Å². The minimum atomic E-state index is -0.397. The third-order valence-corrected chi connectivity index (χ3v) is 3.55. The fourth-order valence-electron chi connectivity index (χ4n) is 2.37. The average Bonchev–Trinajstić information content (AvgIpc) is 3.03. The molecule has 2 aromatic heterocycles. The minimum absolute atomic E-state index is 0.151. The van der Waals surface area contributed by atoms with Gasteiger partial charge in [-0.15, -0.1) is 5.10 Å². The molecule has 0 saturated carbocycles. The average molecular weight is 342 g/mol. The smallest absolute Gasteiger partial charge is 0.283 e. The second-order valence-corrected chi connectivity index (χ2v) is 5.26. The van der Waals surface area contributed by atoms with Crippen LogP contribution in [0.15, 0.2) is 35.4 Å². The monoisotopic (exact) mass is 342 g/mol. The van der Waals surface area contributed by atoms with Crippen molar-refractivity contribution in [2.45, 2.75) is 26.9 Å². The first-order valence-corrected chi connectivity index (χ1v) is 7.93. The molecule has 2 heterocycles. The van der Waals surface area contributed by atoms with Gasteiger partial charge in [0.2, 0.25) is 5.91 Å². The van der Waals surface area contributed by atoms with Crippen LogP contribution in [-0.2, 0) is 17.9 Å². The highest BCUT2D eigenvalue weighted by Gasteiger charge is 2.13. The second-order valence-electron chi connectivity index (χ2n) is 5.26. The van der Waals surface area contributed by atoms with Crippen LogP contribution < -0.4 is 15.6 Å². The number of fused-ring (bicyclic) bond motifs is 1. The zero-order chi connectivity index (χ0) is 17.8. The maximum Gasteiger partial charge on any atom is 0.283 e. The molecule has 0 aliphatic carbocycles. The lowest BCUT2D eigenvalue weighted by Crippen LogP contribution is -2.28. The van der Waals surface area contributed by atoms with Gasteiger partial charge in [-0.05, 0) is 38.1 Å². The van der Waals surface area contributed by atoms with Crippen LogP contribution in [0.4, 0.5) is 5.69 Å². The molecular weight excluding hydrogens is 324 g/mol. The maximum absolute atomic E-state index is 12.4. The first-order chi connectivity index (χ1) is 12.1. The Hall–Kier alpha value is -3.23. The summed E-state index contributed by atoms with van der Waals surface area (Å²) in [6.07, 6.45) is 1.33. The van der Waals surface area contributed by atoms with E-state index in [1.54, 1.807) is 24.3 Å². The molecule has 0 radical (unpaired) electrons.